The van der Waals surface area contributed by atoms with Crippen LogP contribution in [0.3, 0.4) is 0 Å². The predicted molar refractivity (Wildman–Crippen MR) is 99.8 cm³/mol. The van der Waals surface area contributed by atoms with Crippen LogP contribution in [0.15, 0.2) is 30.3 Å². The molecule has 0 aromatic heterocycles. The van der Waals surface area contributed by atoms with E-state index in [9.17, 15) is 9.59 Å². The maximum atomic E-state index is 11.8. The Kier molecular flexibility index (Phi) is 7.52. The van der Waals surface area contributed by atoms with Crippen LogP contribution in [0.2, 0.25) is 0 Å². The summed E-state index contributed by atoms with van der Waals surface area (Å²) in [6.07, 6.45) is 2.29. The fourth-order valence-corrected chi connectivity index (χ4v) is 3.46. The zero-order valence-corrected chi connectivity index (χ0v) is 15.3. The van der Waals surface area contributed by atoms with Crippen molar-refractivity contribution in [2.45, 2.75) is 25.8 Å². The van der Waals surface area contributed by atoms with Gasteiger partial charge < -0.3 is 15.0 Å². The molecule has 1 N–H and O–H groups in total. The van der Waals surface area contributed by atoms with E-state index >= 15 is 0 Å². The van der Waals surface area contributed by atoms with Gasteiger partial charge in [0.05, 0.1) is 11.8 Å². The second-order valence-corrected chi connectivity index (χ2v) is 7.22. The Balaban J connectivity index is 1.64. The van der Waals surface area contributed by atoms with Crippen molar-refractivity contribution in [1.82, 2.24) is 10.2 Å². The van der Waals surface area contributed by atoms with Crippen LogP contribution in [-0.4, -0.2) is 46.5 Å². The third-order valence-electron chi connectivity index (χ3n) is 3.72. The number of hydrogen-bond donors (Lipinski definition) is 1. The molecule has 24 heavy (non-hydrogen) atoms. The third-order valence-corrected chi connectivity index (χ3v) is 5.22. The fourth-order valence-electron chi connectivity index (χ4n) is 2.41. The Bertz CT molecular complexity index is 574. The van der Waals surface area contributed by atoms with Crippen molar-refractivity contribution >= 4 is 40.2 Å². The molecule has 1 aromatic carbocycles. The number of likely N-dealkylation sites (tertiary alicyclic amines) is 1. The zero-order chi connectivity index (χ0) is 17.4. The number of nitrogens with zero attached hydrogens (tertiary/aromatic N) is 1. The van der Waals surface area contributed by atoms with Gasteiger partial charge in [0.2, 0.25) is 0 Å². The van der Waals surface area contributed by atoms with Crippen molar-refractivity contribution in [1.29, 1.82) is 0 Å². The van der Waals surface area contributed by atoms with Gasteiger partial charge in [-0.2, -0.15) is 0 Å². The van der Waals surface area contributed by atoms with Crippen molar-refractivity contribution < 1.29 is 14.3 Å². The van der Waals surface area contributed by atoms with Gasteiger partial charge in [0.1, 0.15) is 4.32 Å². The number of ether oxygens (including phenoxy) is 1. The summed E-state index contributed by atoms with van der Waals surface area (Å²) in [4.78, 5) is 25.7. The lowest BCUT2D eigenvalue weighted by Crippen LogP contribution is -2.31. The summed E-state index contributed by atoms with van der Waals surface area (Å²) in [5.41, 5.74) is 1.00. The lowest BCUT2D eigenvalue weighted by atomic mass is 10.1. The van der Waals surface area contributed by atoms with Gasteiger partial charge in [0.25, 0.3) is 5.91 Å². The van der Waals surface area contributed by atoms with E-state index in [2.05, 4.69) is 10.2 Å². The van der Waals surface area contributed by atoms with Crippen molar-refractivity contribution in [2.24, 2.45) is 0 Å². The Labute approximate surface area is 152 Å². The maximum Gasteiger partial charge on any atom is 0.316 e. The summed E-state index contributed by atoms with van der Waals surface area (Å²) in [5.74, 6) is -0.604. The molecule has 0 radical (unpaired) electrons. The highest BCUT2D eigenvalue weighted by Crippen LogP contribution is 2.16. The number of benzene rings is 1. The lowest BCUT2D eigenvalue weighted by Gasteiger charge is -2.17. The summed E-state index contributed by atoms with van der Waals surface area (Å²) in [6.45, 7) is 3.54. The van der Waals surface area contributed by atoms with Crippen LogP contribution >= 0.6 is 24.0 Å². The minimum Gasteiger partial charge on any atom is -0.455 e. The molecule has 0 spiro atoms. The van der Waals surface area contributed by atoms with Crippen LogP contribution in [-0.2, 0) is 14.3 Å². The number of hydrogen-bond acceptors (Lipinski definition) is 5. The number of rotatable bonds is 6. The molecule has 7 heteroatoms. The number of esters is 1. The summed E-state index contributed by atoms with van der Waals surface area (Å²) in [5, 5.41) is 2.80. The molecular formula is C17H22N2O3S2. The maximum absolute atomic E-state index is 11.8. The number of carbonyl (C=O) groups excluding carboxylic acids is 2. The van der Waals surface area contributed by atoms with Crippen LogP contribution in [0, 0.1) is 0 Å². The fraction of sp³-hybridized carbons (Fsp3) is 0.471. The van der Waals surface area contributed by atoms with Crippen molar-refractivity contribution in [3.05, 3.63) is 35.9 Å². The van der Waals surface area contributed by atoms with E-state index in [0.29, 0.717) is 0 Å². The summed E-state index contributed by atoms with van der Waals surface area (Å²) >= 11 is 6.58. The first-order valence-corrected chi connectivity index (χ1v) is 9.37. The molecule has 2 rings (SSSR count). The largest absolute Gasteiger partial charge is 0.455 e. The van der Waals surface area contributed by atoms with Gasteiger partial charge in [-0.3, -0.25) is 9.59 Å². The average molecular weight is 367 g/mol. The van der Waals surface area contributed by atoms with Gasteiger partial charge in [-0.25, -0.2) is 0 Å². The summed E-state index contributed by atoms with van der Waals surface area (Å²) in [7, 11) is 0. The minimum absolute atomic E-state index is 0.130. The first kappa shape index (κ1) is 18.7. The Morgan fingerprint density at radius 2 is 1.96 bits per heavy atom. The SMILES string of the molecule is C[C@@H](NC(=O)COC(=O)CSC(=S)N1CCCC1)c1ccccc1. The molecule has 1 saturated heterocycles. The number of thioether (sulfide) groups is 1. The zero-order valence-electron chi connectivity index (χ0n) is 13.7. The number of amides is 1. The highest BCUT2D eigenvalue weighted by Gasteiger charge is 2.17. The molecule has 130 valence electrons. The molecule has 1 amide bonds. The van der Waals surface area contributed by atoms with Gasteiger partial charge in [0, 0.05) is 13.1 Å². The average Bonchev–Trinajstić information content (AvgIpc) is 3.13. The van der Waals surface area contributed by atoms with Gasteiger partial charge in [-0.15, -0.1) is 0 Å². The van der Waals surface area contributed by atoms with Crippen LogP contribution in [0.25, 0.3) is 0 Å². The van der Waals surface area contributed by atoms with Gasteiger partial charge in [0.15, 0.2) is 6.61 Å². The lowest BCUT2D eigenvalue weighted by molar-refractivity contribution is -0.146. The van der Waals surface area contributed by atoms with Gasteiger partial charge in [-0.1, -0.05) is 54.3 Å². The molecule has 1 fully saturated rings. The number of nitrogens with one attached hydrogen (secondary N) is 1. The monoisotopic (exact) mass is 366 g/mol. The van der Waals surface area contributed by atoms with E-state index in [1.54, 1.807) is 0 Å². The molecule has 1 aliphatic rings. The molecule has 0 saturated carbocycles. The minimum atomic E-state index is -0.427. The third kappa shape index (κ3) is 6.13. The second-order valence-electron chi connectivity index (χ2n) is 5.61. The van der Waals surface area contributed by atoms with E-state index in [-0.39, 0.29) is 24.3 Å². The highest BCUT2D eigenvalue weighted by molar-refractivity contribution is 8.23. The topological polar surface area (TPSA) is 58.6 Å². The number of thiocarbonyl (C=S) groups is 1. The van der Waals surface area contributed by atoms with E-state index in [1.165, 1.54) is 11.8 Å². The molecule has 1 heterocycles. The van der Waals surface area contributed by atoms with Crippen molar-refractivity contribution in [3.63, 3.8) is 0 Å². The Morgan fingerprint density at radius 1 is 1.29 bits per heavy atom. The van der Waals surface area contributed by atoms with Gasteiger partial charge >= 0.3 is 5.97 Å². The molecule has 0 aliphatic carbocycles. The Hall–Kier alpha value is -1.60. The normalized spacial score (nSPS) is 15.0. The van der Waals surface area contributed by atoms with Crippen LogP contribution in [0.4, 0.5) is 0 Å². The van der Waals surface area contributed by atoms with E-state index < -0.39 is 5.97 Å². The first-order valence-electron chi connectivity index (χ1n) is 7.98. The molecular weight excluding hydrogens is 344 g/mol. The Morgan fingerprint density at radius 3 is 2.62 bits per heavy atom. The first-order chi connectivity index (χ1) is 11.6. The van der Waals surface area contributed by atoms with Crippen molar-refractivity contribution in [2.75, 3.05) is 25.4 Å². The van der Waals surface area contributed by atoms with Gasteiger partial charge in [-0.05, 0) is 25.3 Å². The summed E-state index contributed by atoms with van der Waals surface area (Å²) < 4.78 is 5.73. The molecule has 0 bridgehead atoms. The molecule has 1 aliphatic heterocycles. The van der Waals surface area contributed by atoms with Crippen molar-refractivity contribution in [3.8, 4) is 0 Å². The quantitative estimate of drug-likeness (QED) is 0.617. The predicted octanol–water partition coefficient (Wildman–Crippen LogP) is 2.52. The second kappa shape index (κ2) is 9.64. The van der Waals surface area contributed by atoms with Crippen LogP contribution < -0.4 is 5.32 Å². The van der Waals surface area contributed by atoms with E-state index in [4.69, 9.17) is 17.0 Å². The van der Waals surface area contributed by atoms with E-state index in [1.807, 2.05) is 37.3 Å². The highest BCUT2D eigenvalue weighted by atomic mass is 32.2. The molecule has 0 unspecified atom stereocenters. The van der Waals surface area contributed by atoms with Crippen LogP contribution in [0.1, 0.15) is 31.4 Å². The molecule has 1 atom stereocenters. The summed E-state index contributed by atoms with van der Waals surface area (Å²) in [6, 6.07) is 9.50. The molecule has 1 aromatic rings. The molecule has 5 nitrogen and oxygen atoms in total. The smallest absolute Gasteiger partial charge is 0.316 e. The van der Waals surface area contributed by atoms with Crippen LogP contribution in [0.5, 0.6) is 0 Å². The standard InChI is InChI=1S/C17H22N2O3S2/c1-13(14-7-3-2-4-8-14)18-15(20)11-22-16(21)12-24-17(23)19-9-5-6-10-19/h2-4,7-8,13H,5-6,9-12H2,1H3,(H,18,20)/t13-/m1/s1. The van der Waals surface area contributed by atoms with E-state index in [0.717, 1.165) is 35.8 Å². The number of carbonyl (C=O) groups is 2.